The van der Waals surface area contributed by atoms with Crippen molar-refractivity contribution in [2.75, 3.05) is 20.7 Å². The van der Waals surface area contributed by atoms with E-state index in [9.17, 15) is 4.79 Å². The Kier molecular flexibility index (Phi) is 4.39. The highest BCUT2D eigenvalue weighted by atomic mass is 16.5. The summed E-state index contributed by atoms with van der Waals surface area (Å²) in [7, 11) is 3.18. The van der Waals surface area contributed by atoms with E-state index < -0.39 is 0 Å². The molecule has 0 aromatic heterocycles. The lowest BCUT2D eigenvalue weighted by atomic mass is 10.1. The summed E-state index contributed by atoms with van der Waals surface area (Å²) in [6.07, 6.45) is 0. The Morgan fingerprint density at radius 1 is 1.47 bits per heavy atom. The predicted molar refractivity (Wildman–Crippen MR) is 58.6 cm³/mol. The summed E-state index contributed by atoms with van der Waals surface area (Å²) >= 11 is 0. The Hall–Kier alpha value is -1.79. The van der Waals surface area contributed by atoms with Gasteiger partial charge in [-0.1, -0.05) is 24.0 Å². The molecule has 0 radical (unpaired) electrons. The first kappa shape index (κ1) is 11.3. The van der Waals surface area contributed by atoms with E-state index in [1.807, 2.05) is 13.1 Å². The van der Waals surface area contributed by atoms with Gasteiger partial charge in [-0.2, -0.15) is 0 Å². The molecular weight excluding hydrogens is 190 g/mol. The van der Waals surface area contributed by atoms with E-state index in [-0.39, 0.29) is 5.97 Å². The lowest BCUT2D eigenvalue weighted by Gasteiger charge is -2.01. The minimum atomic E-state index is -0.357. The molecule has 0 aliphatic heterocycles. The summed E-state index contributed by atoms with van der Waals surface area (Å²) in [6, 6.07) is 7.13. The minimum Gasteiger partial charge on any atom is -0.465 e. The molecule has 0 aliphatic carbocycles. The molecule has 1 N–H and O–H groups in total. The molecule has 0 heterocycles. The second-order valence-corrected chi connectivity index (χ2v) is 2.87. The van der Waals surface area contributed by atoms with Crippen LogP contribution in [0.3, 0.4) is 0 Å². The molecule has 0 fully saturated rings. The van der Waals surface area contributed by atoms with E-state index in [0.29, 0.717) is 17.7 Å². The van der Waals surface area contributed by atoms with Crippen LogP contribution in [-0.2, 0) is 4.74 Å². The van der Waals surface area contributed by atoms with Gasteiger partial charge in [0.1, 0.15) is 0 Å². The highest BCUT2D eigenvalue weighted by Crippen LogP contribution is 2.08. The number of nitrogens with one attached hydrogen (secondary N) is 1. The van der Waals surface area contributed by atoms with Crippen molar-refractivity contribution in [3.05, 3.63) is 35.4 Å². The summed E-state index contributed by atoms with van der Waals surface area (Å²) in [5.74, 6) is 5.46. The van der Waals surface area contributed by atoms with Crippen LogP contribution in [0.4, 0.5) is 0 Å². The quantitative estimate of drug-likeness (QED) is 0.576. The number of ether oxygens (including phenoxy) is 1. The normalized spacial score (nSPS) is 8.93. The van der Waals surface area contributed by atoms with Crippen LogP contribution in [0.1, 0.15) is 15.9 Å². The average molecular weight is 203 g/mol. The number of hydrogen-bond donors (Lipinski definition) is 1. The molecule has 3 nitrogen and oxygen atoms in total. The maximum atomic E-state index is 11.4. The lowest BCUT2D eigenvalue weighted by molar-refractivity contribution is 0.0600. The Labute approximate surface area is 89.4 Å². The highest BCUT2D eigenvalue weighted by molar-refractivity contribution is 5.92. The van der Waals surface area contributed by atoms with Crippen molar-refractivity contribution in [3.63, 3.8) is 0 Å². The van der Waals surface area contributed by atoms with Crippen molar-refractivity contribution < 1.29 is 9.53 Å². The van der Waals surface area contributed by atoms with Crippen LogP contribution < -0.4 is 5.32 Å². The van der Waals surface area contributed by atoms with E-state index in [1.165, 1.54) is 7.11 Å². The number of methoxy groups -OCH3 is 1. The van der Waals surface area contributed by atoms with Crippen LogP contribution in [0, 0.1) is 11.8 Å². The van der Waals surface area contributed by atoms with Gasteiger partial charge in [0.2, 0.25) is 0 Å². The lowest BCUT2D eigenvalue weighted by Crippen LogP contribution is -2.06. The molecule has 0 saturated carbocycles. The first-order chi connectivity index (χ1) is 7.29. The zero-order valence-electron chi connectivity index (χ0n) is 8.83. The van der Waals surface area contributed by atoms with Crippen molar-refractivity contribution in [1.82, 2.24) is 5.32 Å². The fourth-order valence-corrected chi connectivity index (χ4v) is 1.11. The molecule has 1 rings (SSSR count). The molecule has 3 heteroatoms. The van der Waals surface area contributed by atoms with Crippen molar-refractivity contribution in [1.29, 1.82) is 0 Å². The van der Waals surface area contributed by atoms with Crippen LogP contribution in [0.5, 0.6) is 0 Å². The predicted octanol–water partition coefficient (Wildman–Crippen LogP) is 1.04. The van der Waals surface area contributed by atoms with Gasteiger partial charge in [-0.25, -0.2) is 4.79 Å². The molecule has 0 amide bonds. The zero-order chi connectivity index (χ0) is 11.1. The fourth-order valence-electron chi connectivity index (χ4n) is 1.11. The summed E-state index contributed by atoms with van der Waals surface area (Å²) in [5, 5.41) is 2.91. The van der Waals surface area contributed by atoms with E-state index in [0.717, 1.165) is 0 Å². The van der Waals surface area contributed by atoms with Crippen LogP contribution >= 0.6 is 0 Å². The number of carbonyl (C=O) groups excluding carboxylic acids is 1. The molecule has 1 aromatic carbocycles. The molecule has 0 aliphatic rings. The number of rotatable bonds is 2. The first-order valence-electron chi connectivity index (χ1n) is 4.60. The van der Waals surface area contributed by atoms with Gasteiger partial charge in [0.25, 0.3) is 0 Å². The van der Waals surface area contributed by atoms with E-state index >= 15 is 0 Å². The van der Waals surface area contributed by atoms with E-state index in [4.69, 9.17) is 0 Å². The van der Waals surface area contributed by atoms with Crippen LogP contribution in [0.25, 0.3) is 0 Å². The van der Waals surface area contributed by atoms with E-state index in [1.54, 1.807) is 18.2 Å². The third-order valence-electron chi connectivity index (χ3n) is 1.82. The molecule has 0 bridgehead atoms. The molecule has 0 unspecified atom stereocenters. The fraction of sp³-hybridized carbons (Fsp3) is 0.250. The number of hydrogen-bond acceptors (Lipinski definition) is 3. The standard InChI is InChI=1S/C12H13NO2/c1-13-9-5-7-10-6-3-4-8-11(10)12(14)15-2/h3-4,6,8,13H,9H2,1-2H3. The summed E-state index contributed by atoms with van der Waals surface area (Å²) < 4.78 is 4.66. The maximum Gasteiger partial charge on any atom is 0.339 e. The Bertz CT molecular complexity index is 402. The summed E-state index contributed by atoms with van der Waals surface area (Å²) in [5.41, 5.74) is 1.20. The molecule has 0 saturated heterocycles. The highest BCUT2D eigenvalue weighted by Gasteiger charge is 2.08. The van der Waals surface area contributed by atoms with Crippen LogP contribution in [-0.4, -0.2) is 26.7 Å². The monoisotopic (exact) mass is 203 g/mol. The van der Waals surface area contributed by atoms with Gasteiger partial charge < -0.3 is 10.1 Å². The second-order valence-electron chi connectivity index (χ2n) is 2.87. The zero-order valence-corrected chi connectivity index (χ0v) is 8.83. The Balaban J connectivity index is 2.98. The minimum absolute atomic E-state index is 0.357. The van der Waals surface area contributed by atoms with Gasteiger partial charge in [0.05, 0.1) is 19.2 Å². The topological polar surface area (TPSA) is 38.3 Å². The van der Waals surface area contributed by atoms with Gasteiger partial charge in [-0.15, -0.1) is 0 Å². The van der Waals surface area contributed by atoms with Crippen molar-refractivity contribution in [3.8, 4) is 11.8 Å². The van der Waals surface area contributed by atoms with Crippen LogP contribution in [0.2, 0.25) is 0 Å². The maximum absolute atomic E-state index is 11.4. The smallest absolute Gasteiger partial charge is 0.339 e. The van der Waals surface area contributed by atoms with Gasteiger partial charge in [0.15, 0.2) is 0 Å². The summed E-state index contributed by atoms with van der Waals surface area (Å²) in [4.78, 5) is 11.4. The SMILES string of the molecule is CNCC#Cc1ccccc1C(=O)OC. The Morgan fingerprint density at radius 3 is 2.87 bits per heavy atom. The Morgan fingerprint density at radius 2 is 2.20 bits per heavy atom. The van der Waals surface area contributed by atoms with E-state index in [2.05, 4.69) is 21.9 Å². The molecule has 1 aromatic rings. The third kappa shape index (κ3) is 3.12. The second kappa shape index (κ2) is 5.84. The molecule has 15 heavy (non-hydrogen) atoms. The largest absolute Gasteiger partial charge is 0.465 e. The van der Waals surface area contributed by atoms with Gasteiger partial charge in [-0.3, -0.25) is 0 Å². The molecular formula is C12H13NO2. The number of esters is 1. The molecule has 0 atom stereocenters. The van der Waals surface area contributed by atoms with Crippen LogP contribution in [0.15, 0.2) is 24.3 Å². The number of carbonyl (C=O) groups is 1. The summed E-state index contributed by atoms with van der Waals surface area (Å²) in [6.45, 7) is 0.593. The average Bonchev–Trinajstić information content (AvgIpc) is 2.29. The third-order valence-corrected chi connectivity index (χ3v) is 1.82. The molecule has 78 valence electrons. The van der Waals surface area contributed by atoms with Gasteiger partial charge >= 0.3 is 5.97 Å². The van der Waals surface area contributed by atoms with Gasteiger partial charge in [0, 0.05) is 5.56 Å². The van der Waals surface area contributed by atoms with Crippen molar-refractivity contribution in [2.24, 2.45) is 0 Å². The van der Waals surface area contributed by atoms with Crippen molar-refractivity contribution in [2.45, 2.75) is 0 Å². The van der Waals surface area contributed by atoms with Crippen molar-refractivity contribution >= 4 is 5.97 Å². The number of benzene rings is 1. The first-order valence-corrected chi connectivity index (χ1v) is 4.60. The van der Waals surface area contributed by atoms with Gasteiger partial charge in [-0.05, 0) is 19.2 Å². The molecule has 0 spiro atoms.